The lowest BCUT2D eigenvalue weighted by molar-refractivity contribution is 0.00952. The molecule has 0 unspecified atom stereocenters. The van der Waals surface area contributed by atoms with Gasteiger partial charge in [-0.2, -0.15) is 5.26 Å². The summed E-state index contributed by atoms with van der Waals surface area (Å²) in [5.41, 5.74) is -0.959. The third-order valence-corrected chi connectivity index (χ3v) is 3.49. The number of nitriles is 1. The van der Waals surface area contributed by atoms with Crippen LogP contribution < -0.4 is 0 Å². The van der Waals surface area contributed by atoms with E-state index in [0.717, 1.165) is 25.9 Å². The van der Waals surface area contributed by atoms with E-state index in [2.05, 4.69) is 6.07 Å². The van der Waals surface area contributed by atoms with Crippen molar-refractivity contribution in [2.24, 2.45) is 5.41 Å². The van der Waals surface area contributed by atoms with Gasteiger partial charge in [0.25, 0.3) is 0 Å². The van der Waals surface area contributed by atoms with Crippen LogP contribution in [0.15, 0.2) is 0 Å². The van der Waals surface area contributed by atoms with E-state index < -0.39 is 11.0 Å². The van der Waals surface area contributed by atoms with E-state index in [1.54, 1.807) is 4.90 Å². The summed E-state index contributed by atoms with van der Waals surface area (Å²) < 4.78 is 10.6. The van der Waals surface area contributed by atoms with Crippen LogP contribution in [-0.4, -0.2) is 42.4 Å². The van der Waals surface area contributed by atoms with Gasteiger partial charge >= 0.3 is 6.09 Å². The van der Waals surface area contributed by atoms with Crippen molar-refractivity contribution in [3.63, 3.8) is 0 Å². The SMILES string of the molecule is CC(C)(C)OC(=O)N1CCC[C@](C#N)(C[C@H]2CO2)C1. The second-order valence-electron chi connectivity index (χ2n) is 6.56. The van der Waals surface area contributed by atoms with Crippen molar-refractivity contribution in [3.05, 3.63) is 0 Å². The summed E-state index contributed by atoms with van der Waals surface area (Å²) in [5, 5.41) is 9.47. The number of likely N-dealkylation sites (tertiary alicyclic amines) is 1. The van der Waals surface area contributed by atoms with E-state index in [1.165, 1.54) is 0 Å². The first kappa shape index (κ1) is 14.1. The van der Waals surface area contributed by atoms with Gasteiger partial charge in [0.1, 0.15) is 5.60 Å². The third-order valence-electron chi connectivity index (χ3n) is 3.49. The van der Waals surface area contributed by atoms with Crippen LogP contribution >= 0.6 is 0 Å². The molecule has 19 heavy (non-hydrogen) atoms. The molecular weight excluding hydrogens is 244 g/mol. The highest BCUT2D eigenvalue weighted by molar-refractivity contribution is 5.68. The first-order chi connectivity index (χ1) is 8.84. The predicted molar refractivity (Wildman–Crippen MR) is 69.4 cm³/mol. The highest BCUT2D eigenvalue weighted by atomic mass is 16.6. The van der Waals surface area contributed by atoms with Crippen molar-refractivity contribution in [3.8, 4) is 6.07 Å². The first-order valence-corrected chi connectivity index (χ1v) is 6.84. The average Bonchev–Trinajstić information content (AvgIpc) is 3.11. The van der Waals surface area contributed by atoms with E-state index >= 15 is 0 Å². The third kappa shape index (κ3) is 3.84. The summed E-state index contributed by atoms with van der Waals surface area (Å²) in [6.45, 7) is 7.43. The van der Waals surface area contributed by atoms with Crippen LogP contribution in [0.5, 0.6) is 0 Å². The number of epoxide rings is 1. The molecule has 0 saturated carbocycles. The molecule has 106 valence electrons. The molecule has 5 heteroatoms. The molecule has 0 N–H and O–H groups in total. The van der Waals surface area contributed by atoms with E-state index in [0.29, 0.717) is 13.1 Å². The number of piperidine rings is 1. The summed E-state index contributed by atoms with van der Waals surface area (Å²) >= 11 is 0. The summed E-state index contributed by atoms with van der Waals surface area (Å²) in [4.78, 5) is 13.7. The molecule has 2 aliphatic rings. The molecule has 2 rings (SSSR count). The standard InChI is InChI=1S/C14H22N2O3/c1-13(2,3)19-12(17)16-6-4-5-14(9-15,10-16)7-11-8-18-11/h11H,4-8,10H2,1-3H3/t11-,14+/m0/s1. The largest absolute Gasteiger partial charge is 0.444 e. The van der Waals surface area contributed by atoms with Crippen LogP contribution in [0.3, 0.4) is 0 Å². The monoisotopic (exact) mass is 266 g/mol. The maximum Gasteiger partial charge on any atom is 0.410 e. The first-order valence-electron chi connectivity index (χ1n) is 6.84. The minimum Gasteiger partial charge on any atom is -0.444 e. The number of amides is 1. The highest BCUT2D eigenvalue weighted by Crippen LogP contribution is 2.37. The number of carbonyl (C=O) groups excluding carboxylic acids is 1. The number of ether oxygens (including phenoxy) is 2. The van der Waals surface area contributed by atoms with Crippen LogP contribution in [0.25, 0.3) is 0 Å². The number of rotatable bonds is 2. The number of hydrogen-bond donors (Lipinski definition) is 0. The van der Waals surface area contributed by atoms with Gasteiger partial charge in [-0.15, -0.1) is 0 Å². The van der Waals surface area contributed by atoms with E-state index in [9.17, 15) is 10.1 Å². The van der Waals surface area contributed by atoms with Crippen molar-refractivity contribution < 1.29 is 14.3 Å². The topological polar surface area (TPSA) is 65.9 Å². The van der Waals surface area contributed by atoms with Crippen LogP contribution in [-0.2, 0) is 9.47 Å². The number of hydrogen-bond acceptors (Lipinski definition) is 4. The van der Waals surface area contributed by atoms with Crippen molar-refractivity contribution in [1.82, 2.24) is 4.90 Å². The Morgan fingerprint density at radius 1 is 1.58 bits per heavy atom. The van der Waals surface area contributed by atoms with Gasteiger partial charge in [0.2, 0.25) is 0 Å². The minimum absolute atomic E-state index is 0.207. The molecule has 0 radical (unpaired) electrons. The van der Waals surface area contributed by atoms with Gasteiger partial charge in [-0.25, -0.2) is 4.79 Å². The lowest BCUT2D eigenvalue weighted by Crippen LogP contribution is -2.47. The van der Waals surface area contributed by atoms with Crippen LogP contribution in [0.2, 0.25) is 0 Å². The molecule has 0 aliphatic carbocycles. The minimum atomic E-state index is -0.497. The zero-order valence-electron chi connectivity index (χ0n) is 11.9. The van der Waals surface area contributed by atoms with Gasteiger partial charge < -0.3 is 14.4 Å². The van der Waals surface area contributed by atoms with Gasteiger partial charge in [-0.1, -0.05) is 0 Å². The second kappa shape index (κ2) is 5.01. The molecule has 0 bridgehead atoms. The molecule has 1 amide bonds. The Kier molecular flexibility index (Phi) is 3.73. The molecule has 0 aromatic heterocycles. The van der Waals surface area contributed by atoms with Crippen LogP contribution in [0, 0.1) is 16.7 Å². The van der Waals surface area contributed by atoms with Gasteiger partial charge in [0.05, 0.1) is 24.2 Å². The second-order valence-corrected chi connectivity index (χ2v) is 6.56. The van der Waals surface area contributed by atoms with Gasteiger partial charge in [-0.3, -0.25) is 0 Å². The molecule has 0 aromatic rings. The Labute approximate surface area is 114 Å². The van der Waals surface area contributed by atoms with Gasteiger partial charge in [-0.05, 0) is 40.0 Å². The lowest BCUT2D eigenvalue weighted by Gasteiger charge is -2.38. The van der Waals surface area contributed by atoms with Crippen molar-refractivity contribution in [1.29, 1.82) is 5.26 Å². The van der Waals surface area contributed by atoms with Gasteiger partial charge in [0, 0.05) is 13.1 Å². The maximum atomic E-state index is 12.1. The predicted octanol–water partition coefficient (Wildman–Crippen LogP) is 2.32. The van der Waals surface area contributed by atoms with Crippen LogP contribution in [0.1, 0.15) is 40.0 Å². The molecule has 2 aliphatic heterocycles. The fourth-order valence-electron chi connectivity index (χ4n) is 2.54. The van der Waals surface area contributed by atoms with E-state index in [4.69, 9.17) is 9.47 Å². The van der Waals surface area contributed by atoms with Crippen LogP contribution in [0.4, 0.5) is 4.79 Å². The Morgan fingerprint density at radius 2 is 2.26 bits per heavy atom. The Bertz CT molecular complexity index is 392. The summed E-state index contributed by atoms with van der Waals surface area (Å²) in [6, 6.07) is 2.41. The molecular formula is C14H22N2O3. The summed E-state index contributed by atoms with van der Waals surface area (Å²) in [5.74, 6) is 0. The molecule has 2 atom stereocenters. The Hall–Kier alpha value is -1.28. The lowest BCUT2D eigenvalue weighted by atomic mass is 9.77. The molecule has 0 spiro atoms. The van der Waals surface area contributed by atoms with Gasteiger partial charge in [0.15, 0.2) is 0 Å². The number of nitrogens with zero attached hydrogens (tertiary/aromatic N) is 2. The zero-order valence-corrected chi connectivity index (χ0v) is 11.9. The summed E-state index contributed by atoms with van der Waals surface area (Å²) in [7, 11) is 0. The Balaban J connectivity index is 1.99. The average molecular weight is 266 g/mol. The molecule has 2 saturated heterocycles. The number of carbonyl (C=O) groups is 1. The zero-order chi connectivity index (χ0) is 14.1. The molecule has 2 fully saturated rings. The highest BCUT2D eigenvalue weighted by Gasteiger charge is 2.43. The smallest absolute Gasteiger partial charge is 0.410 e. The van der Waals surface area contributed by atoms with E-state index in [-0.39, 0.29) is 12.2 Å². The normalized spacial score (nSPS) is 30.6. The van der Waals surface area contributed by atoms with Crippen molar-refractivity contribution >= 4 is 6.09 Å². The maximum absolute atomic E-state index is 12.1. The Morgan fingerprint density at radius 3 is 2.79 bits per heavy atom. The van der Waals surface area contributed by atoms with Crippen molar-refractivity contribution in [2.45, 2.75) is 51.7 Å². The fraction of sp³-hybridized carbons (Fsp3) is 0.857. The molecule has 2 heterocycles. The van der Waals surface area contributed by atoms with E-state index in [1.807, 2.05) is 20.8 Å². The molecule has 0 aromatic carbocycles. The quantitative estimate of drug-likeness (QED) is 0.719. The van der Waals surface area contributed by atoms with Crippen molar-refractivity contribution in [2.75, 3.05) is 19.7 Å². The summed E-state index contributed by atoms with van der Waals surface area (Å²) in [6.07, 6.45) is 2.30. The fourth-order valence-corrected chi connectivity index (χ4v) is 2.54. The molecule has 5 nitrogen and oxygen atoms in total.